The van der Waals surface area contributed by atoms with Crippen molar-refractivity contribution in [2.45, 2.75) is 58.7 Å². The third-order valence-corrected chi connectivity index (χ3v) is 11.1. The fourth-order valence-electron chi connectivity index (χ4n) is 3.76. The SMILES string of the molecule is C=C(C)C(=O)OC(CC)C(F)(F)C(=O)CC(F)(F)S(=O)(=O)OS(c1ccccc1)(c1ccccc1)c1ccccc1. The first kappa shape index (κ1) is 32.0. The predicted molar refractivity (Wildman–Crippen MR) is 146 cm³/mol. The minimum atomic E-state index is -6.06. The van der Waals surface area contributed by atoms with Gasteiger partial charge in [0, 0.05) is 20.3 Å². The summed E-state index contributed by atoms with van der Waals surface area (Å²) in [5.41, 5.74) is -0.255. The zero-order valence-corrected chi connectivity index (χ0v) is 23.8. The van der Waals surface area contributed by atoms with E-state index in [9.17, 15) is 26.8 Å². The molecule has 0 aliphatic rings. The molecule has 1 unspecified atom stereocenters. The molecule has 0 spiro atoms. The van der Waals surface area contributed by atoms with E-state index in [2.05, 4.69) is 11.3 Å². The number of carbonyl (C=O) groups is 2. The molecule has 6 nitrogen and oxygen atoms in total. The van der Waals surface area contributed by atoms with Gasteiger partial charge < -0.3 is 4.74 Å². The van der Waals surface area contributed by atoms with E-state index >= 15 is 8.78 Å². The van der Waals surface area contributed by atoms with E-state index in [0.717, 1.165) is 6.92 Å². The average molecular weight is 613 g/mol. The van der Waals surface area contributed by atoms with Crippen LogP contribution in [0.4, 0.5) is 17.6 Å². The van der Waals surface area contributed by atoms with Crippen molar-refractivity contribution >= 4 is 32.2 Å². The van der Waals surface area contributed by atoms with Crippen LogP contribution in [0.15, 0.2) is 118 Å². The molecule has 3 aromatic carbocycles. The molecular weight excluding hydrogens is 584 g/mol. The molecule has 0 saturated heterocycles. The van der Waals surface area contributed by atoms with Crippen LogP contribution in [0.1, 0.15) is 26.7 Å². The fraction of sp³-hybridized carbons (Fsp3) is 0.241. The van der Waals surface area contributed by atoms with Gasteiger partial charge in [0.1, 0.15) is 0 Å². The highest BCUT2D eigenvalue weighted by atomic mass is 32.3. The van der Waals surface area contributed by atoms with Crippen LogP contribution in [0, 0.1) is 0 Å². The number of esters is 1. The van der Waals surface area contributed by atoms with Crippen LogP contribution in [0.25, 0.3) is 0 Å². The highest BCUT2D eigenvalue weighted by Gasteiger charge is 2.58. The zero-order chi connectivity index (χ0) is 30.5. The van der Waals surface area contributed by atoms with Gasteiger partial charge in [0.15, 0.2) is 6.10 Å². The Morgan fingerprint density at radius 2 is 1.20 bits per heavy atom. The first-order chi connectivity index (χ1) is 19.2. The van der Waals surface area contributed by atoms with Crippen molar-refractivity contribution in [3.63, 3.8) is 0 Å². The summed E-state index contributed by atoms with van der Waals surface area (Å²) in [5.74, 6) is -8.31. The molecule has 12 heteroatoms. The van der Waals surface area contributed by atoms with E-state index in [4.69, 9.17) is 3.63 Å². The molecule has 0 fully saturated rings. The summed E-state index contributed by atoms with van der Waals surface area (Å²) < 4.78 is 97.4. The number of carbonyl (C=O) groups excluding carboxylic acids is 2. The van der Waals surface area contributed by atoms with Gasteiger partial charge in [-0.25, -0.2) is 8.42 Å². The maximum atomic E-state index is 15.4. The molecule has 0 aliphatic heterocycles. The number of Topliss-reactive ketones (excluding diaryl/α,β-unsaturated/α-hetero) is 1. The molecule has 0 saturated carbocycles. The number of rotatable bonds is 13. The predicted octanol–water partition coefficient (Wildman–Crippen LogP) is 7.31. The summed E-state index contributed by atoms with van der Waals surface area (Å²) in [6, 6.07) is 23.3. The normalized spacial score (nSPS) is 13.7. The van der Waals surface area contributed by atoms with E-state index in [-0.39, 0.29) is 20.3 Å². The molecule has 220 valence electrons. The highest BCUT2D eigenvalue weighted by Crippen LogP contribution is 2.70. The lowest BCUT2D eigenvalue weighted by Gasteiger charge is -2.40. The summed E-state index contributed by atoms with van der Waals surface area (Å²) in [7, 11) is -9.50. The van der Waals surface area contributed by atoms with Gasteiger partial charge in [-0.05, 0) is 60.1 Å². The van der Waals surface area contributed by atoms with Crippen LogP contribution in [-0.4, -0.2) is 37.5 Å². The van der Waals surface area contributed by atoms with Crippen molar-refractivity contribution < 1.29 is 43.9 Å². The van der Waals surface area contributed by atoms with Gasteiger partial charge in [0.25, 0.3) is 0 Å². The third kappa shape index (κ3) is 6.71. The zero-order valence-electron chi connectivity index (χ0n) is 22.1. The lowest BCUT2D eigenvalue weighted by atomic mass is 10.0. The van der Waals surface area contributed by atoms with Gasteiger partial charge in [-0.2, -0.15) is 26.0 Å². The second-order valence-electron chi connectivity index (χ2n) is 8.96. The number of hydrogen-bond acceptors (Lipinski definition) is 6. The van der Waals surface area contributed by atoms with Gasteiger partial charge in [0.05, 0.1) is 6.42 Å². The van der Waals surface area contributed by atoms with Crippen LogP contribution >= 0.6 is 10.3 Å². The van der Waals surface area contributed by atoms with Gasteiger partial charge in [-0.15, -0.1) is 0 Å². The highest BCUT2D eigenvalue weighted by molar-refractivity contribution is 8.33. The Kier molecular flexibility index (Phi) is 9.83. The number of alkyl halides is 4. The van der Waals surface area contributed by atoms with Gasteiger partial charge in [-0.3, -0.25) is 4.79 Å². The Hall–Kier alpha value is -3.48. The van der Waals surface area contributed by atoms with Crippen LogP contribution < -0.4 is 0 Å². The minimum absolute atomic E-state index is 0.228. The van der Waals surface area contributed by atoms with Gasteiger partial charge >= 0.3 is 27.3 Å². The molecule has 0 bridgehead atoms. The molecule has 41 heavy (non-hydrogen) atoms. The Morgan fingerprint density at radius 3 is 1.54 bits per heavy atom. The lowest BCUT2D eigenvalue weighted by Crippen LogP contribution is -2.47. The molecule has 0 aromatic heterocycles. The quantitative estimate of drug-likeness (QED) is 0.114. The monoisotopic (exact) mass is 612 g/mol. The van der Waals surface area contributed by atoms with Crippen LogP contribution in [-0.2, 0) is 28.1 Å². The summed E-state index contributed by atoms with van der Waals surface area (Å²) >= 11 is 0. The number of ketones is 1. The van der Waals surface area contributed by atoms with Crippen LogP contribution in [0.5, 0.6) is 0 Å². The molecule has 0 N–H and O–H groups in total. The van der Waals surface area contributed by atoms with Crippen molar-refractivity contribution in [1.82, 2.24) is 0 Å². The smallest absolute Gasteiger partial charge is 0.378 e. The number of ether oxygens (including phenoxy) is 1. The summed E-state index contributed by atoms with van der Waals surface area (Å²) in [6.07, 6.45) is -5.45. The van der Waals surface area contributed by atoms with Crippen molar-refractivity contribution in [3.8, 4) is 0 Å². The standard InChI is InChI=1S/C29H28F4O6S2/c1-4-26(38-27(35)21(2)3)29(32,33)25(34)20-28(30,31)41(36,37)39-40(22-14-8-5-9-15-22,23-16-10-6-11-17-23)24-18-12-7-13-19-24/h5-19,26H,2,4,20H2,1,3H3. The lowest BCUT2D eigenvalue weighted by molar-refractivity contribution is -0.179. The maximum absolute atomic E-state index is 15.4. The summed E-state index contributed by atoms with van der Waals surface area (Å²) in [6.45, 7) is 5.57. The first-order valence-electron chi connectivity index (χ1n) is 12.3. The van der Waals surface area contributed by atoms with Crippen molar-refractivity contribution in [2.75, 3.05) is 0 Å². The maximum Gasteiger partial charge on any atom is 0.378 e. The van der Waals surface area contributed by atoms with Crippen LogP contribution in [0.3, 0.4) is 0 Å². The molecule has 0 heterocycles. The molecule has 0 amide bonds. The molecule has 0 aliphatic carbocycles. The molecular formula is C29H28F4O6S2. The van der Waals surface area contributed by atoms with E-state index in [1.54, 1.807) is 54.6 Å². The third-order valence-electron chi connectivity index (χ3n) is 5.89. The molecule has 3 rings (SSSR count). The van der Waals surface area contributed by atoms with Crippen molar-refractivity contribution in [3.05, 3.63) is 103 Å². The average Bonchev–Trinajstić information content (AvgIpc) is 2.95. The number of benzene rings is 3. The van der Waals surface area contributed by atoms with E-state index in [1.165, 1.54) is 43.3 Å². The number of halogens is 4. The Balaban J connectivity index is 2.08. The Morgan fingerprint density at radius 1 is 0.805 bits per heavy atom. The van der Waals surface area contributed by atoms with Crippen molar-refractivity contribution in [2.24, 2.45) is 0 Å². The Bertz CT molecular complexity index is 1380. The number of hydrogen-bond donors (Lipinski definition) is 0. The van der Waals surface area contributed by atoms with Gasteiger partial charge in [0.2, 0.25) is 5.78 Å². The molecule has 0 radical (unpaired) electrons. The van der Waals surface area contributed by atoms with E-state index in [1.807, 2.05) is 0 Å². The summed E-state index contributed by atoms with van der Waals surface area (Å²) in [4.78, 5) is 24.9. The van der Waals surface area contributed by atoms with E-state index in [0.29, 0.717) is 0 Å². The van der Waals surface area contributed by atoms with Crippen LogP contribution in [0.2, 0.25) is 0 Å². The van der Waals surface area contributed by atoms with E-state index < -0.39 is 62.3 Å². The largest absolute Gasteiger partial charge is 0.452 e. The fourth-order valence-corrected chi connectivity index (χ4v) is 8.92. The molecule has 1 atom stereocenters. The topological polar surface area (TPSA) is 86.7 Å². The first-order valence-corrected chi connectivity index (χ1v) is 15.3. The van der Waals surface area contributed by atoms with Gasteiger partial charge in [-0.1, -0.05) is 68.1 Å². The molecule has 3 aromatic rings. The summed E-state index contributed by atoms with van der Waals surface area (Å²) in [5, 5.41) is -5.08. The second-order valence-corrected chi connectivity index (χ2v) is 13.5. The van der Waals surface area contributed by atoms with Crippen molar-refractivity contribution in [1.29, 1.82) is 0 Å². The minimum Gasteiger partial charge on any atom is -0.452 e. The Labute approximate surface area is 237 Å². The second kappa shape index (κ2) is 12.6.